The Labute approximate surface area is 212 Å². The summed E-state index contributed by atoms with van der Waals surface area (Å²) in [5.74, 6) is 0.0120. The van der Waals surface area contributed by atoms with E-state index >= 15 is 0 Å². The van der Waals surface area contributed by atoms with Crippen LogP contribution < -0.4 is 5.32 Å². The minimum absolute atomic E-state index is 0.00892. The second-order valence-electron chi connectivity index (χ2n) is 9.76. The van der Waals surface area contributed by atoms with Gasteiger partial charge in [0.05, 0.1) is 0 Å². The van der Waals surface area contributed by atoms with Crippen molar-refractivity contribution in [1.82, 2.24) is 4.90 Å². The van der Waals surface area contributed by atoms with Crippen molar-refractivity contribution >= 4 is 23.3 Å². The Kier molecular flexibility index (Phi) is 6.90. The number of piperidine rings is 1. The number of carbonyl (C=O) groups is 2. The van der Waals surface area contributed by atoms with E-state index in [4.69, 9.17) is 4.74 Å². The summed E-state index contributed by atoms with van der Waals surface area (Å²) in [6.07, 6.45) is 5.43. The van der Waals surface area contributed by atoms with E-state index in [1.807, 2.05) is 54.3 Å². The van der Waals surface area contributed by atoms with Gasteiger partial charge in [0.1, 0.15) is 6.61 Å². The van der Waals surface area contributed by atoms with Gasteiger partial charge in [-0.3, -0.25) is 4.79 Å². The number of allylic oxidation sites excluding steroid dienone is 1. The molecule has 1 N–H and O–H groups in total. The molecule has 0 atom stereocenters. The molecule has 0 unspecified atom stereocenters. The van der Waals surface area contributed by atoms with Gasteiger partial charge in [-0.1, -0.05) is 79.7 Å². The van der Waals surface area contributed by atoms with Crippen molar-refractivity contribution in [3.8, 4) is 0 Å². The van der Waals surface area contributed by atoms with Crippen LogP contribution in [0.1, 0.15) is 48.4 Å². The van der Waals surface area contributed by atoms with E-state index in [0.29, 0.717) is 26.1 Å². The molecule has 2 amide bonds. The molecule has 1 saturated heterocycles. The predicted octanol–water partition coefficient (Wildman–Crippen LogP) is 6.44. The van der Waals surface area contributed by atoms with E-state index in [1.165, 1.54) is 16.7 Å². The molecule has 1 heterocycles. The smallest absolute Gasteiger partial charge is 0.410 e. The van der Waals surface area contributed by atoms with E-state index in [2.05, 4.69) is 47.8 Å². The molecular weight excluding hydrogens is 448 g/mol. The van der Waals surface area contributed by atoms with Gasteiger partial charge in [-0.05, 0) is 64.6 Å². The maximum Gasteiger partial charge on any atom is 0.410 e. The quantitative estimate of drug-likeness (QED) is 0.457. The van der Waals surface area contributed by atoms with Gasteiger partial charge < -0.3 is 15.0 Å². The number of hydrogen-bond donors (Lipinski definition) is 1. The third-order valence-corrected chi connectivity index (χ3v) is 7.32. The lowest BCUT2D eigenvalue weighted by Crippen LogP contribution is -2.44. The van der Waals surface area contributed by atoms with Gasteiger partial charge in [-0.25, -0.2) is 4.79 Å². The molecule has 1 aliphatic heterocycles. The maximum atomic E-state index is 12.7. The van der Waals surface area contributed by atoms with Gasteiger partial charge in [0.25, 0.3) is 0 Å². The van der Waals surface area contributed by atoms with Crippen molar-refractivity contribution in [2.24, 2.45) is 5.41 Å². The van der Waals surface area contributed by atoms with Crippen LogP contribution in [0.15, 0.2) is 84.9 Å². The van der Waals surface area contributed by atoms with Crippen LogP contribution in [-0.4, -0.2) is 30.0 Å². The number of benzene rings is 3. The number of amides is 2. The molecule has 0 aromatic heterocycles. The molecule has 36 heavy (non-hydrogen) atoms. The molecule has 1 spiro atoms. The molecule has 5 heteroatoms. The molecule has 0 saturated carbocycles. The van der Waals surface area contributed by atoms with Crippen LogP contribution in [-0.2, 0) is 22.6 Å². The van der Waals surface area contributed by atoms with Gasteiger partial charge in [0.15, 0.2) is 0 Å². The first-order valence-electron chi connectivity index (χ1n) is 12.7. The Morgan fingerprint density at radius 2 is 1.61 bits per heavy atom. The summed E-state index contributed by atoms with van der Waals surface area (Å²) < 4.78 is 5.58. The summed E-state index contributed by atoms with van der Waals surface area (Å²) in [5.41, 5.74) is 6.79. The van der Waals surface area contributed by atoms with Gasteiger partial charge in [-0.15, -0.1) is 0 Å². The lowest BCUT2D eigenvalue weighted by Gasteiger charge is -2.43. The zero-order valence-corrected chi connectivity index (χ0v) is 20.7. The van der Waals surface area contributed by atoms with Crippen molar-refractivity contribution < 1.29 is 14.3 Å². The summed E-state index contributed by atoms with van der Waals surface area (Å²) >= 11 is 0. The van der Waals surface area contributed by atoms with Crippen molar-refractivity contribution in [3.63, 3.8) is 0 Å². The second kappa shape index (κ2) is 10.4. The average Bonchev–Trinajstić information content (AvgIpc) is 2.92. The molecule has 5 nitrogen and oxygen atoms in total. The van der Waals surface area contributed by atoms with Crippen LogP contribution in [0.5, 0.6) is 0 Å². The zero-order chi connectivity index (χ0) is 25.0. The minimum Gasteiger partial charge on any atom is -0.445 e. The van der Waals surface area contributed by atoms with E-state index in [1.54, 1.807) is 0 Å². The highest BCUT2D eigenvalue weighted by molar-refractivity contribution is 5.91. The monoisotopic (exact) mass is 480 g/mol. The average molecular weight is 481 g/mol. The molecule has 3 aromatic rings. The van der Waals surface area contributed by atoms with Gasteiger partial charge >= 0.3 is 6.09 Å². The number of rotatable bonds is 5. The summed E-state index contributed by atoms with van der Waals surface area (Å²) in [4.78, 5) is 26.3. The normalized spacial score (nSPS) is 16.1. The standard InChI is InChI=1S/C31H32N2O3/c1-2-29(34)32-26-14-12-24(13-15-26)28-21-31(20-25-10-6-7-11-27(25)28)16-18-33(19-17-31)30(35)36-22-23-8-4-3-5-9-23/h3-15,21H,2,16-20,22H2,1H3,(H,32,34). The first-order valence-corrected chi connectivity index (χ1v) is 12.7. The number of likely N-dealkylation sites (tertiary alicyclic amines) is 1. The molecule has 3 aromatic carbocycles. The number of fused-ring (bicyclic) bond motifs is 1. The Hall–Kier alpha value is -3.86. The minimum atomic E-state index is -0.237. The van der Waals surface area contributed by atoms with Crippen molar-refractivity contribution in [2.45, 2.75) is 39.2 Å². The van der Waals surface area contributed by atoms with E-state index < -0.39 is 0 Å². The molecular formula is C31H32N2O3. The van der Waals surface area contributed by atoms with Crippen LogP contribution >= 0.6 is 0 Å². The number of carbonyl (C=O) groups excluding carboxylic acids is 2. The maximum absolute atomic E-state index is 12.7. The summed E-state index contributed by atoms with van der Waals surface area (Å²) in [7, 11) is 0. The predicted molar refractivity (Wildman–Crippen MR) is 142 cm³/mol. The van der Waals surface area contributed by atoms with Crippen molar-refractivity contribution in [2.75, 3.05) is 18.4 Å². The van der Waals surface area contributed by atoms with E-state index in [-0.39, 0.29) is 17.4 Å². The molecule has 1 fully saturated rings. The SMILES string of the molecule is CCC(=O)Nc1ccc(C2=CC3(CCN(C(=O)OCc4ccccc4)CC3)Cc3ccccc32)cc1. The number of nitrogens with one attached hydrogen (secondary N) is 1. The molecule has 5 rings (SSSR count). The Morgan fingerprint density at radius 1 is 0.917 bits per heavy atom. The third kappa shape index (κ3) is 5.20. The second-order valence-corrected chi connectivity index (χ2v) is 9.76. The summed E-state index contributed by atoms with van der Waals surface area (Å²) in [6, 6.07) is 26.5. The van der Waals surface area contributed by atoms with Crippen LogP contribution in [0.3, 0.4) is 0 Å². The molecule has 184 valence electrons. The van der Waals surface area contributed by atoms with Crippen LogP contribution in [0, 0.1) is 5.41 Å². The fourth-order valence-electron chi connectivity index (χ4n) is 5.24. The largest absolute Gasteiger partial charge is 0.445 e. The zero-order valence-electron chi connectivity index (χ0n) is 20.7. The van der Waals surface area contributed by atoms with E-state index in [9.17, 15) is 9.59 Å². The summed E-state index contributed by atoms with van der Waals surface area (Å²) in [5, 5.41) is 2.93. The van der Waals surface area contributed by atoms with Crippen LogP contribution in [0.2, 0.25) is 0 Å². The number of ether oxygens (including phenoxy) is 1. The lowest BCUT2D eigenvalue weighted by atomic mass is 9.67. The molecule has 2 aliphatic rings. The molecule has 0 radical (unpaired) electrons. The fourth-order valence-corrected chi connectivity index (χ4v) is 5.24. The Balaban J connectivity index is 1.32. The number of hydrogen-bond acceptors (Lipinski definition) is 3. The highest BCUT2D eigenvalue weighted by Crippen LogP contribution is 2.45. The fraction of sp³-hybridized carbons (Fsp3) is 0.290. The first kappa shape index (κ1) is 23.9. The Bertz CT molecular complexity index is 1260. The van der Waals surface area contributed by atoms with Crippen LogP contribution in [0.25, 0.3) is 5.57 Å². The molecule has 1 aliphatic carbocycles. The van der Waals surface area contributed by atoms with Gasteiger partial charge in [0.2, 0.25) is 5.91 Å². The van der Waals surface area contributed by atoms with Crippen molar-refractivity contribution in [3.05, 3.63) is 107 Å². The number of anilines is 1. The van der Waals surface area contributed by atoms with Crippen molar-refractivity contribution in [1.29, 1.82) is 0 Å². The van der Waals surface area contributed by atoms with Gasteiger partial charge in [-0.2, -0.15) is 0 Å². The van der Waals surface area contributed by atoms with E-state index in [0.717, 1.165) is 36.1 Å². The van der Waals surface area contributed by atoms with Crippen LogP contribution in [0.4, 0.5) is 10.5 Å². The highest BCUT2D eigenvalue weighted by Gasteiger charge is 2.38. The lowest BCUT2D eigenvalue weighted by molar-refractivity contribution is -0.115. The summed E-state index contributed by atoms with van der Waals surface area (Å²) in [6.45, 7) is 3.51. The molecule has 0 bridgehead atoms. The first-order chi connectivity index (χ1) is 17.5. The topological polar surface area (TPSA) is 58.6 Å². The third-order valence-electron chi connectivity index (χ3n) is 7.32. The number of nitrogens with zero attached hydrogens (tertiary/aromatic N) is 1. The highest BCUT2D eigenvalue weighted by atomic mass is 16.6. The van der Waals surface area contributed by atoms with Gasteiger partial charge in [0, 0.05) is 25.2 Å². The Morgan fingerprint density at radius 3 is 2.33 bits per heavy atom.